The lowest BCUT2D eigenvalue weighted by Gasteiger charge is -1.96. The van der Waals surface area contributed by atoms with Crippen LogP contribution in [0.4, 0.5) is 0 Å². The lowest BCUT2D eigenvalue weighted by Crippen LogP contribution is -1.77. The summed E-state index contributed by atoms with van der Waals surface area (Å²) in [4.78, 5) is 0. The van der Waals surface area contributed by atoms with E-state index in [2.05, 4.69) is 37.0 Å². The molecule has 1 heteroatoms. The molecule has 0 amide bonds. The van der Waals surface area contributed by atoms with Crippen LogP contribution in [0.15, 0.2) is 0 Å². The summed E-state index contributed by atoms with van der Waals surface area (Å²) in [6.07, 6.45) is 18.3. The summed E-state index contributed by atoms with van der Waals surface area (Å²) >= 11 is 0. The predicted octanol–water partition coefficient (Wildman–Crippen LogP) is 7.36. The Balaban J connectivity index is 3.23. The van der Waals surface area contributed by atoms with E-state index in [0.29, 0.717) is 0 Å². The molecule has 0 unspecified atom stereocenters. The molecule has 0 bridgehead atoms. The van der Waals surface area contributed by atoms with Gasteiger partial charge in [-0.25, -0.2) is 0 Å². The molecule has 0 N–H and O–H groups in total. The van der Waals surface area contributed by atoms with Gasteiger partial charge in [-0.2, -0.15) is 0 Å². The highest BCUT2D eigenvalue weighted by atomic mass is 31.1. The highest BCUT2D eigenvalue weighted by Gasteiger charge is 1.88. The molecule has 1 radical (unpaired) electrons. The van der Waals surface area contributed by atoms with Crippen LogP contribution in [0.3, 0.4) is 0 Å². The van der Waals surface area contributed by atoms with E-state index in [0.717, 1.165) is 21.4 Å². The van der Waals surface area contributed by atoms with E-state index in [-0.39, 0.29) is 0 Å². The fourth-order valence-corrected chi connectivity index (χ4v) is 2.64. The molecule has 0 saturated heterocycles. The maximum Gasteiger partial charge on any atom is 0.0995 e. The molecule has 0 aromatic rings. The third-order valence-corrected chi connectivity index (χ3v) is 4.12. The van der Waals surface area contributed by atoms with Crippen molar-refractivity contribution < 1.29 is 0 Å². The third-order valence-electron chi connectivity index (χ3n) is 3.58. The molecule has 0 aromatic heterocycles. The summed E-state index contributed by atoms with van der Waals surface area (Å²) in [7, 11) is 1.00. The third kappa shape index (κ3) is 19.6. The molecular weight excluding hydrogens is 271 g/mol. The van der Waals surface area contributed by atoms with Gasteiger partial charge >= 0.3 is 0 Å². The Morgan fingerprint density at radius 3 is 1.33 bits per heavy atom. The molecule has 21 heavy (non-hydrogen) atoms. The Kier molecular flexibility index (Phi) is 19.1. The van der Waals surface area contributed by atoms with Gasteiger partial charge in [0.1, 0.15) is 0 Å². The molecule has 0 fully saturated rings. The van der Waals surface area contributed by atoms with E-state index in [9.17, 15) is 0 Å². The smallest absolute Gasteiger partial charge is 0.0972 e. The maximum absolute atomic E-state index is 3.24. The topological polar surface area (TPSA) is 0 Å². The lowest BCUT2D eigenvalue weighted by atomic mass is 10.1. The maximum atomic E-state index is 3.24. The van der Waals surface area contributed by atoms with Gasteiger partial charge in [0, 0.05) is 12.8 Å². The first-order chi connectivity index (χ1) is 10.4. The number of rotatable bonds is 12. The molecule has 0 aliphatic heterocycles. The quantitative estimate of drug-likeness (QED) is 0.201. The van der Waals surface area contributed by atoms with Crippen molar-refractivity contribution >= 4 is 8.58 Å². The van der Waals surface area contributed by atoms with Crippen LogP contribution < -0.4 is 0 Å². The second-order valence-electron chi connectivity index (χ2n) is 5.72. The van der Waals surface area contributed by atoms with Crippen molar-refractivity contribution in [2.45, 2.75) is 104 Å². The van der Waals surface area contributed by atoms with E-state index in [1.165, 1.54) is 77.0 Å². The molecule has 0 rings (SSSR count). The van der Waals surface area contributed by atoms with Gasteiger partial charge in [0.25, 0.3) is 0 Å². The average molecular weight is 305 g/mol. The lowest BCUT2D eigenvalue weighted by molar-refractivity contribution is 0.614. The molecule has 0 atom stereocenters. The summed E-state index contributed by atoms with van der Waals surface area (Å²) < 4.78 is 0. The summed E-state index contributed by atoms with van der Waals surface area (Å²) in [5, 5.41) is 0. The summed E-state index contributed by atoms with van der Waals surface area (Å²) in [5.41, 5.74) is 6.31. The minimum atomic E-state index is 1.00. The highest BCUT2D eigenvalue weighted by Crippen LogP contribution is 2.09. The van der Waals surface area contributed by atoms with Crippen molar-refractivity contribution in [1.29, 1.82) is 0 Å². The molecule has 0 spiro atoms. The first kappa shape index (κ1) is 20.6. The van der Waals surface area contributed by atoms with Crippen molar-refractivity contribution in [2.24, 2.45) is 0 Å². The largest absolute Gasteiger partial charge is 0.0995 e. The van der Waals surface area contributed by atoms with Gasteiger partial charge in [0.2, 0.25) is 0 Å². The number of unbranched alkanes of at least 4 members (excludes halogenated alkanes) is 12. The SMILES string of the molecule is CCCCCCCCC#C[P]C#CCCCCCCCC. The standard InChI is InChI=1S/C20H34P/c1-3-5-7-9-11-13-15-17-19-21-20-18-16-14-12-10-8-6-4-2/h3-16H2,1-2H3. The Bertz CT molecular complexity index is 278. The first-order valence-electron chi connectivity index (χ1n) is 9.07. The fraction of sp³-hybridized carbons (Fsp3) is 0.800. The second kappa shape index (κ2) is 19.6. The van der Waals surface area contributed by atoms with E-state index in [1.807, 2.05) is 0 Å². The Labute approximate surface area is 136 Å². The van der Waals surface area contributed by atoms with Crippen LogP contribution in [0, 0.1) is 23.2 Å². The minimum Gasteiger partial charge on any atom is -0.0972 e. The Morgan fingerprint density at radius 1 is 0.524 bits per heavy atom. The van der Waals surface area contributed by atoms with Crippen LogP contribution in [0.5, 0.6) is 0 Å². The Morgan fingerprint density at radius 2 is 0.905 bits per heavy atom. The van der Waals surface area contributed by atoms with Crippen LogP contribution >= 0.6 is 8.58 Å². The van der Waals surface area contributed by atoms with Gasteiger partial charge < -0.3 is 0 Å². The molecule has 0 saturated carbocycles. The van der Waals surface area contributed by atoms with Gasteiger partial charge in [0.05, 0.1) is 8.58 Å². The molecule has 0 heterocycles. The molecule has 0 aliphatic rings. The van der Waals surface area contributed by atoms with Crippen molar-refractivity contribution in [1.82, 2.24) is 0 Å². The fourth-order valence-electron chi connectivity index (χ4n) is 2.21. The van der Waals surface area contributed by atoms with Gasteiger partial charge in [-0.3, -0.25) is 0 Å². The minimum absolute atomic E-state index is 1.00. The monoisotopic (exact) mass is 305 g/mol. The second-order valence-corrected chi connectivity index (χ2v) is 6.40. The van der Waals surface area contributed by atoms with Crippen LogP contribution in [-0.4, -0.2) is 0 Å². The number of hydrogen-bond donors (Lipinski definition) is 0. The van der Waals surface area contributed by atoms with Crippen molar-refractivity contribution in [3.05, 3.63) is 0 Å². The van der Waals surface area contributed by atoms with E-state index in [1.54, 1.807) is 0 Å². The van der Waals surface area contributed by atoms with Gasteiger partial charge in [0.15, 0.2) is 0 Å². The zero-order valence-corrected chi connectivity index (χ0v) is 15.2. The van der Waals surface area contributed by atoms with Gasteiger partial charge in [-0.15, -0.1) is 0 Å². The zero-order chi connectivity index (χ0) is 15.4. The van der Waals surface area contributed by atoms with Crippen molar-refractivity contribution in [3.63, 3.8) is 0 Å². The van der Waals surface area contributed by atoms with Crippen LogP contribution in [0.2, 0.25) is 0 Å². The van der Waals surface area contributed by atoms with Gasteiger partial charge in [-0.05, 0) is 12.8 Å². The summed E-state index contributed by atoms with van der Waals surface area (Å²) in [5.74, 6) is 6.47. The van der Waals surface area contributed by atoms with E-state index < -0.39 is 0 Å². The Hall–Kier alpha value is -0.450. The molecule has 0 aliphatic carbocycles. The van der Waals surface area contributed by atoms with Crippen LogP contribution in [-0.2, 0) is 0 Å². The van der Waals surface area contributed by atoms with Crippen LogP contribution in [0.25, 0.3) is 0 Å². The van der Waals surface area contributed by atoms with Crippen molar-refractivity contribution in [3.8, 4) is 23.2 Å². The molecule has 0 aromatic carbocycles. The van der Waals surface area contributed by atoms with E-state index in [4.69, 9.17) is 0 Å². The zero-order valence-electron chi connectivity index (χ0n) is 14.3. The summed E-state index contributed by atoms with van der Waals surface area (Å²) in [6.45, 7) is 4.52. The molecular formula is C20H34P. The summed E-state index contributed by atoms with van der Waals surface area (Å²) in [6, 6.07) is 0. The number of hydrogen-bond acceptors (Lipinski definition) is 0. The normalized spacial score (nSPS) is 9.62. The van der Waals surface area contributed by atoms with E-state index >= 15 is 0 Å². The van der Waals surface area contributed by atoms with Crippen LogP contribution in [0.1, 0.15) is 104 Å². The average Bonchev–Trinajstić information content (AvgIpc) is 2.50. The first-order valence-corrected chi connectivity index (χ1v) is 9.96. The highest BCUT2D eigenvalue weighted by molar-refractivity contribution is 7.49. The van der Waals surface area contributed by atoms with Crippen molar-refractivity contribution in [2.75, 3.05) is 0 Å². The van der Waals surface area contributed by atoms with Gasteiger partial charge in [-0.1, -0.05) is 101 Å². The molecule has 119 valence electrons. The predicted molar refractivity (Wildman–Crippen MR) is 98.5 cm³/mol. The molecule has 0 nitrogen and oxygen atoms in total.